The molecular weight excluding hydrogens is 336 g/mol. The van der Waals surface area contributed by atoms with Crippen molar-refractivity contribution in [3.63, 3.8) is 0 Å². The first-order chi connectivity index (χ1) is 11.4. The third-order valence-corrected chi connectivity index (χ3v) is 3.96. The van der Waals surface area contributed by atoms with Crippen LogP contribution >= 0.6 is 11.6 Å². The first-order valence-electron chi connectivity index (χ1n) is 7.04. The van der Waals surface area contributed by atoms with Crippen LogP contribution in [-0.4, -0.2) is 27.2 Å². The van der Waals surface area contributed by atoms with Crippen LogP contribution in [0.25, 0.3) is 0 Å². The molecule has 0 spiro atoms. The van der Waals surface area contributed by atoms with Gasteiger partial charge in [-0.1, -0.05) is 28.9 Å². The molecule has 1 amide bonds. The number of carboxylic acids is 1. The molecule has 0 radical (unpaired) electrons. The van der Waals surface area contributed by atoms with Crippen molar-refractivity contribution >= 4 is 29.3 Å². The Morgan fingerprint density at radius 2 is 2.04 bits per heavy atom. The average Bonchev–Trinajstić information content (AvgIpc) is 3.05. The number of aliphatic carboxylic acids is 1. The molecule has 24 heavy (non-hydrogen) atoms. The summed E-state index contributed by atoms with van der Waals surface area (Å²) >= 11 is 5.89. The van der Waals surface area contributed by atoms with Crippen LogP contribution in [0.3, 0.4) is 0 Å². The third kappa shape index (κ3) is 2.74. The molecule has 0 bridgehead atoms. The molecule has 2 N–H and O–H groups in total. The van der Waals surface area contributed by atoms with E-state index >= 15 is 0 Å². The second-order valence-electron chi connectivity index (χ2n) is 5.37. The van der Waals surface area contributed by atoms with Gasteiger partial charge in [0.25, 0.3) is 5.91 Å². The maximum atomic E-state index is 12.5. The molecule has 3 rings (SSSR count). The number of anilines is 1. The lowest BCUT2D eigenvalue weighted by atomic mass is 9.97. The molecule has 0 aliphatic carbocycles. The molecule has 2 heterocycles. The summed E-state index contributed by atoms with van der Waals surface area (Å²) in [6.45, 7) is 1.67. The third-order valence-electron chi connectivity index (χ3n) is 3.70. The zero-order valence-electron chi connectivity index (χ0n) is 12.6. The molecule has 0 saturated carbocycles. The van der Waals surface area contributed by atoms with Gasteiger partial charge >= 0.3 is 5.97 Å². The summed E-state index contributed by atoms with van der Waals surface area (Å²) in [5.74, 6) is -1.78. The van der Waals surface area contributed by atoms with Crippen LogP contribution in [0.1, 0.15) is 23.8 Å². The molecule has 1 aromatic heterocycles. The summed E-state index contributed by atoms with van der Waals surface area (Å²) in [7, 11) is 0. The number of nitrogens with zero attached hydrogens (tertiary/aromatic N) is 2. The molecule has 1 aliphatic heterocycles. The highest BCUT2D eigenvalue weighted by atomic mass is 35.5. The number of rotatable bonds is 4. The summed E-state index contributed by atoms with van der Waals surface area (Å²) in [4.78, 5) is 24.8. The molecule has 2 aromatic rings. The van der Waals surface area contributed by atoms with E-state index in [0.717, 1.165) is 0 Å². The highest BCUT2D eigenvalue weighted by Crippen LogP contribution is 2.41. The van der Waals surface area contributed by atoms with E-state index in [2.05, 4.69) is 5.16 Å². The van der Waals surface area contributed by atoms with Gasteiger partial charge in [0.05, 0.1) is 12.5 Å². The summed E-state index contributed by atoms with van der Waals surface area (Å²) in [5, 5.41) is 23.6. The van der Waals surface area contributed by atoms with Gasteiger partial charge < -0.3 is 14.7 Å². The highest BCUT2D eigenvalue weighted by Gasteiger charge is 2.43. The number of aromatic nitrogens is 1. The van der Waals surface area contributed by atoms with Gasteiger partial charge in [0, 0.05) is 16.7 Å². The average molecular weight is 349 g/mol. The Bertz CT molecular complexity index is 840. The molecular formula is C16H13ClN2O5. The predicted molar refractivity (Wildman–Crippen MR) is 84.8 cm³/mol. The highest BCUT2D eigenvalue weighted by molar-refractivity contribution is 6.30. The molecule has 1 aliphatic rings. The second kappa shape index (κ2) is 6.01. The minimum atomic E-state index is -1.15. The number of carboxylic acid groups (broad SMARTS) is 1. The van der Waals surface area contributed by atoms with E-state index in [0.29, 0.717) is 16.3 Å². The van der Waals surface area contributed by atoms with Gasteiger partial charge in [-0.25, -0.2) is 0 Å². The van der Waals surface area contributed by atoms with Crippen molar-refractivity contribution in [1.29, 1.82) is 0 Å². The fourth-order valence-corrected chi connectivity index (χ4v) is 2.82. The first-order valence-corrected chi connectivity index (χ1v) is 7.42. The Kier molecular flexibility index (Phi) is 4.02. The topological polar surface area (TPSA) is 104 Å². The molecule has 1 unspecified atom stereocenters. The zero-order valence-corrected chi connectivity index (χ0v) is 13.3. The first kappa shape index (κ1) is 16.1. The van der Waals surface area contributed by atoms with Crippen molar-refractivity contribution in [3.8, 4) is 0 Å². The minimum Gasteiger partial charge on any atom is -0.503 e. The fraction of sp³-hybridized carbons (Fsp3) is 0.188. The van der Waals surface area contributed by atoms with E-state index in [1.165, 1.54) is 11.0 Å². The van der Waals surface area contributed by atoms with E-state index in [4.69, 9.17) is 21.2 Å². The van der Waals surface area contributed by atoms with Gasteiger partial charge in [-0.05, 0) is 24.6 Å². The van der Waals surface area contributed by atoms with Crippen molar-refractivity contribution < 1.29 is 24.3 Å². The number of benzene rings is 1. The van der Waals surface area contributed by atoms with E-state index < -0.39 is 30.1 Å². The minimum absolute atomic E-state index is 0.0930. The van der Waals surface area contributed by atoms with Crippen molar-refractivity contribution in [2.45, 2.75) is 19.4 Å². The van der Waals surface area contributed by atoms with Crippen molar-refractivity contribution in [2.75, 3.05) is 4.90 Å². The van der Waals surface area contributed by atoms with Crippen molar-refractivity contribution in [2.24, 2.45) is 0 Å². The van der Waals surface area contributed by atoms with Gasteiger partial charge in [-0.3, -0.25) is 14.5 Å². The maximum absolute atomic E-state index is 12.5. The lowest BCUT2D eigenvalue weighted by Crippen LogP contribution is -2.30. The Balaban J connectivity index is 2.12. The van der Waals surface area contributed by atoms with Crippen molar-refractivity contribution in [3.05, 3.63) is 58.0 Å². The number of halogens is 1. The van der Waals surface area contributed by atoms with E-state index in [1.807, 2.05) is 0 Å². The molecule has 1 atom stereocenters. The van der Waals surface area contributed by atoms with Gasteiger partial charge in [0.1, 0.15) is 5.76 Å². The molecule has 7 nitrogen and oxygen atoms in total. The monoisotopic (exact) mass is 348 g/mol. The van der Waals surface area contributed by atoms with Crippen molar-refractivity contribution in [1.82, 2.24) is 5.16 Å². The van der Waals surface area contributed by atoms with Gasteiger partial charge in [0.2, 0.25) is 0 Å². The Labute approximate surface area is 141 Å². The number of aliphatic hydroxyl groups is 1. The van der Waals surface area contributed by atoms with E-state index in [1.54, 1.807) is 31.2 Å². The van der Waals surface area contributed by atoms with Crippen LogP contribution in [0.2, 0.25) is 5.02 Å². The van der Waals surface area contributed by atoms with Crippen LogP contribution < -0.4 is 4.90 Å². The summed E-state index contributed by atoms with van der Waals surface area (Å²) in [5.41, 5.74) is 0.698. The smallest absolute Gasteiger partial charge is 0.307 e. The molecule has 124 valence electrons. The lowest BCUT2D eigenvalue weighted by Gasteiger charge is -2.24. The van der Waals surface area contributed by atoms with E-state index in [-0.39, 0.29) is 11.4 Å². The van der Waals surface area contributed by atoms with Gasteiger partial charge in [-0.15, -0.1) is 0 Å². The Hall–Kier alpha value is -2.80. The molecule has 1 aromatic carbocycles. The summed E-state index contributed by atoms with van der Waals surface area (Å²) in [6, 6.07) is 7.33. The largest absolute Gasteiger partial charge is 0.503 e. The quantitative estimate of drug-likeness (QED) is 0.880. The number of hydrogen-bond acceptors (Lipinski definition) is 5. The maximum Gasteiger partial charge on any atom is 0.307 e. The fourth-order valence-electron chi connectivity index (χ4n) is 2.70. The Morgan fingerprint density at radius 3 is 2.58 bits per heavy atom. The van der Waals surface area contributed by atoms with E-state index in [9.17, 15) is 14.7 Å². The number of carbonyl (C=O) groups is 2. The predicted octanol–water partition coefficient (Wildman–Crippen LogP) is 3.01. The standard InChI is InChI=1S/C16H13ClN2O5/c1-8-6-12(18-24-8)19-14(9-2-4-10(17)5-3-9)11(7-13(20)21)15(22)16(19)23/h2-6,14,22H,7H2,1H3,(H,20,21). The van der Waals surface area contributed by atoms with Crippen LogP contribution in [0.15, 0.2) is 46.2 Å². The van der Waals surface area contributed by atoms with Crippen LogP contribution in [0.5, 0.6) is 0 Å². The number of aryl methyl sites for hydroxylation is 1. The van der Waals surface area contributed by atoms with Crippen LogP contribution in [-0.2, 0) is 9.59 Å². The molecule has 0 saturated heterocycles. The normalized spacial score (nSPS) is 17.7. The molecule has 8 heteroatoms. The number of aliphatic hydroxyl groups excluding tert-OH is 1. The second-order valence-corrected chi connectivity index (χ2v) is 5.81. The number of hydrogen-bond donors (Lipinski definition) is 2. The Morgan fingerprint density at radius 1 is 1.38 bits per heavy atom. The van der Waals surface area contributed by atoms with Gasteiger partial charge in [0.15, 0.2) is 11.6 Å². The van der Waals surface area contributed by atoms with Crippen LogP contribution in [0.4, 0.5) is 5.82 Å². The van der Waals surface area contributed by atoms with Crippen LogP contribution in [0, 0.1) is 6.92 Å². The summed E-state index contributed by atoms with van der Waals surface area (Å²) in [6.07, 6.45) is -0.474. The van der Waals surface area contributed by atoms with Gasteiger partial charge in [-0.2, -0.15) is 0 Å². The number of amides is 1. The SMILES string of the molecule is Cc1cc(N2C(=O)C(O)=C(CC(=O)O)C2c2ccc(Cl)cc2)no1. The summed E-state index contributed by atoms with van der Waals surface area (Å²) < 4.78 is 5.00. The zero-order chi connectivity index (χ0) is 17.4. The number of carbonyl (C=O) groups excluding carboxylic acids is 1. The molecule has 0 fully saturated rings. The lowest BCUT2D eigenvalue weighted by molar-refractivity contribution is -0.136.